The normalized spacial score (nSPS) is 10.3. The minimum Gasteiger partial charge on any atom is -0.296 e. The highest BCUT2D eigenvalue weighted by atomic mass is 16.6. The summed E-state index contributed by atoms with van der Waals surface area (Å²) in [6.45, 7) is 7.47. The molecule has 0 aromatic rings. The third-order valence-electron chi connectivity index (χ3n) is 0.422. The number of hydrogen-bond acceptors (Lipinski definition) is 2. The van der Waals surface area contributed by atoms with Crippen molar-refractivity contribution in [1.29, 1.82) is 0 Å². The molecule has 0 aromatic carbocycles. The number of hydroxylamine groups is 1. The van der Waals surface area contributed by atoms with Crippen LogP contribution in [0.15, 0.2) is 0 Å². The third kappa shape index (κ3) is 5.92. The summed E-state index contributed by atoms with van der Waals surface area (Å²) in [5.74, 6) is 0. The summed E-state index contributed by atoms with van der Waals surface area (Å²) >= 11 is 0. The summed E-state index contributed by atoms with van der Waals surface area (Å²) < 4.78 is 0. The second-order valence-corrected chi connectivity index (χ2v) is 1.63. The van der Waals surface area contributed by atoms with Crippen LogP contribution in [0.5, 0.6) is 0 Å². The molecule has 43 valence electrons. The van der Waals surface area contributed by atoms with Crippen LogP contribution in [0.2, 0.25) is 0 Å². The van der Waals surface area contributed by atoms with E-state index in [2.05, 4.69) is 5.48 Å². The average Bonchev–Trinajstić information content (AvgIpc) is 1.61. The predicted molar refractivity (Wildman–Crippen MR) is 29.3 cm³/mol. The molecule has 0 bridgehead atoms. The molecule has 2 nitrogen and oxygen atoms in total. The predicted octanol–water partition coefficient (Wildman–Crippen LogP) is 1.10. The van der Waals surface area contributed by atoms with Crippen molar-refractivity contribution in [3.8, 4) is 0 Å². The zero-order valence-electron chi connectivity index (χ0n) is 5.06. The van der Waals surface area contributed by atoms with Crippen molar-refractivity contribution < 1.29 is 4.84 Å². The standard InChI is InChI=1S/C5H12NO/c1-4-7-6-5(2)3/h4-6H,1-3H3. The molecule has 0 unspecified atom stereocenters. The number of nitrogens with one attached hydrogen (secondary N) is 1. The first-order valence-corrected chi connectivity index (χ1v) is 2.46. The molecule has 0 rings (SSSR count). The second-order valence-electron chi connectivity index (χ2n) is 1.63. The highest BCUT2D eigenvalue weighted by molar-refractivity contribution is 4.40. The molecule has 0 amide bonds. The van der Waals surface area contributed by atoms with E-state index in [9.17, 15) is 0 Å². The smallest absolute Gasteiger partial charge is 0.104 e. The lowest BCUT2D eigenvalue weighted by Crippen LogP contribution is -2.20. The fourth-order valence-electron chi connectivity index (χ4n) is 0.204. The van der Waals surface area contributed by atoms with Gasteiger partial charge in [0.25, 0.3) is 0 Å². The summed E-state index contributed by atoms with van der Waals surface area (Å²) in [7, 11) is 0. The van der Waals surface area contributed by atoms with Crippen LogP contribution in [0.25, 0.3) is 0 Å². The van der Waals surface area contributed by atoms with Crippen molar-refractivity contribution in [2.75, 3.05) is 0 Å². The van der Waals surface area contributed by atoms with Crippen LogP contribution in [-0.2, 0) is 4.84 Å². The van der Waals surface area contributed by atoms with Crippen LogP contribution in [0.4, 0.5) is 0 Å². The molecule has 2 heteroatoms. The van der Waals surface area contributed by atoms with Crippen molar-refractivity contribution in [3.63, 3.8) is 0 Å². The molecule has 0 spiro atoms. The van der Waals surface area contributed by atoms with Gasteiger partial charge >= 0.3 is 0 Å². The SMILES string of the molecule is C[CH]ONC(C)C. The molecule has 0 saturated carbocycles. The van der Waals surface area contributed by atoms with Gasteiger partial charge in [-0.25, -0.2) is 0 Å². The molecule has 7 heavy (non-hydrogen) atoms. The largest absolute Gasteiger partial charge is 0.296 e. The monoisotopic (exact) mass is 102 g/mol. The van der Waals surface area contributed by atoms with Crippen LogP contribution in [0.1, 0.15) is 20.8 Å². The fourth-order valence-corrected chi connectivity index (χ4v) is 0.204. The lowest BCUT2D eigenvalue weighted by molar-refractivity contribution is 0.0773. The third-order valence-corrected chi connectivity index (χ3v) is 0.422. The molecule has 1 radical (unpaired) electrons. The number of hydrogen-bond donors (Lipinski definition) is 1. The maximum atomic E-state index is 4.72. The summed E-state index contributed by atoms with van der Waals surface area (Å²) in [6, 6.07) is 0.399. The van der Waals surface area contributed by atoms with Crippen LogP contribution < -0.4 is 5.48 Å². The molecule has 0 aromatic heterocycles. The van der Waals surface area contributed by atoms with Gasteiger partial charge in [0.1, 0.15) is 6.61 Å². The first kappa shape index (κ1) is 6.92. The van der Waals surface area contributed by atoms with Gasteiger partial charge in [-0.2, -0.15) is 5.48 Å². The quantitative estimate of drug-likeness (QED) is 0.539. The van der Waals surface area contributed by atoms with Gasteiger partial charge in [-0.3, -0.25) is 4.84 Å². The molecule has 0 atom stereocenters. The van der Waals surface area contributed by atoms with E-state index >= 15 is 0 Å². The Kier molecular flexibility index (Phi) is 4.04. The minimum absolute atomic E-state index is 0.399. The van der Waals surface area contributed by atoms with Gasteiger partial charge in [0.15, 0.2) is 0 Å². The van der Waals surface area contributed by atoms with Crippen LogP contribution >= 0.6 is 0 Å². The van der Waals surface area contributed by atoms with Crippen LogP contribution in [-0.4, -0.2) is 6.04 Å². The molecule has 0 aliphatic heterocycles. The zero-order valence-corrected chi connectivity index (χ0v) is 5.06. The van der Waals surface area contributed by atoms with Gasteiger partial charge in [0, 0.05) is 6.04 Å². The highest BCUT2D eigenvalue weighted by Crippen LogP contribution is 1.77. The van der Waals surface area contributed by atoms with E-state index in [0.29, 0.717) is 6.04 Å². The zero-order chi connectivity index (χ0) is 5.70. The lowest BCUT2D eigenvalue weighted by atomic mass is 10.4. The molecule has 0 saturated heterocycles. The van der Waals surface area contributed by atoms with Crippen LogP contribution in [0, 0.1) is 6.61 Å². The highest BCUT2D eigenvalue weighted by Gasteiger charge is 1.85. The Morgan fingerprint density at radius 3 is 2.29 bits per heavy atom. The van der Waals surface area contributed by atoms with E-state index in [1.54, 1.807) is 6.61 Å². The molecular formula is C5H12NO. The summed E-state index contributed by atoms with van der Waals surface area (Å²) in [6.07, 6.45) is 0. The summed E-state index contributed by atoms with van der Waals surface area (Å²) in [4.78, 5) is 4.72. The maximum Gasteiger partial charge on any atom is 0.104 e. The molecule has 0 fully saturated rings. The van der Waals surface area contributed by atoms with E-state index in [-0.39, 0.29) is 0 Å². The van der Waals surface area contributed by atoms with Crippen molar-refractivity contribution in [1.82, 2.24) is 5.48 Å². The first-order chi connectivity index (χ1) is 3.27. The van der Waals surface area contributed by atoms with E-state index in [0.717, 1.165) is 0 Å². The van der Waals surface area contributed by atoms with E-state index in [1.807, 2.05) is 20.8 Å². The van der Waals surface area contributed by atoms with Crippen molar-refractivity contribution >= 4 is 0 Å². The van der Waals surface area contributed by atoms with E-state index in [4.69, 9.17) is 4.84 Å². The lowest BCUT2D eigenvalue weighted by Gasteiger charge is -2.03. The first-order valence-electron chi connectivity index (χ1n) is 2.46. The fraction of sp³-hybridized carbons (Fsp3) is 0.800. The van der Waals surface area contributed by atoms with Crippen molar-refractivity contribution in [2.24, 2.45) is 0 Å². The Morgan fingerprint density at radius 1 is 1.57 bits per heavy atom. The van der Waals surface area contributed by atoms with Gasteiger partial charge < -0.3 is 0 Å². The molecular weight excluding hydrogens is 90.1 g/mol. The van der Waals surface area contributed by atoms with Crippen molar-refractivity contribution in [2.45, 2.75) is 26.8 Å². The second kappa shape index (κ2) is 4.09. The molecule has 0 heterocycles. The van der Waals surface area contributed by atoms with Gasteiger partial charge in [-0.15, -0.1) is 0 Å². The Hall–Kier alpha value is -0.0800. The molecule has 0 aliphatic rings. The summed E-state index contributed by atoms with van der Waals surface area (Å²) in [5, 5.41) is 0. The van der Waals surface area contributed by atoms with Gasteiger partial charge in [-0.05, 0) is 20.8 Å². The van der Waals surface area contributed by atoms with Crippen LogP contribution in [0.3, 0.4) is 0 Å². The Morgan fingerprint density at radius 2 is 2.14 bits per heavy atom. The van der Waals surface area contributed by atoms with Gasteiger partial charge in [0.05, 0.1) is 0 Å². The Labute approximate surface area is 44.8 Å². The average molecular weight is 102 g/mol. The number of rotatable bonds is 3. The molecule has 0 aliphatic carbocycles. The topological polar surface area (TPSA) is 21.3 Å². The summed E-state index contributed by atoms with van der Waals surface area (Å²) in [5.41, 5.74) is 2.74. The van der Waals surface area contributed by atoms with Gasteiger partial charge in [0.2, 0.25) is 0 Å². The van der Waals surface area contributed by atoms with E-state index < -0.39 is 0 Å². The van der Waals surface area contributed by atoms with Gasteiger partial charge in [-0.1, -0.05) is 0 Å². The Bertz CT molecular complexity index is 37.1. The maximum absolute atomic E-state index is 4.72. The van der Waals surface area contributed by atoms with E-state index in [1.165, 1.54) is 0 Å². The van der Waals surface area contributed by atoms with Crippen molar-refractivity contribution in [3.05, 3.63) is 6.61 Å². The minimum atomic E-state index is 0.399. The molecule has 1 N–H and O–H groups in total. The Balaban J connectivity index is 2.68.